The molecular formula is C23H30ClNO4. The van der Waals surface area contributed by atoms with E-state index in [1.807, 2.05) is 39.8 Å². The van der Waals surface area contributed by atoms with Crippen molar-refractivity contribution >= 4 is 23.2 Å². The molecule has 0 aromatic heterocycles. The molecule has 6 heteroatoms. The van der Waals surface area contributed by atoms with Crippen LogP contribution in [0.4, 0.5) is 5.69 Å². The molecule has 0 heterocycles. The van der Waals surface area contributed by atoms with Crippen LogP contribution in [0.1, 0.15) is 56.1 Å². The molecule has 1 amide bonds. The van der Waals surface area contributed by atoms with E-state index in [-0.39, 0.29) is 5.91 Å². The third-order valence-electron chi connectivity index (χ3n) is 4.49. The van der Waals surface area contributed by atoms with Crippen molar-refractivity contribution in [1.82, 2.24) is 0 Å². The highest BCUT2D eigenvalue weighted by atomic mass is 35.5. The summed E-state index contributed by atoms with van der Waals surface area (Å²) in [6, 6.07) is 7.21. The maximum absolute atomic E-state index is 13.1. The summed E-state index contributed by atoms with van der Waals surface area (Å²) in [5.41, 5.74) is 3.18. The van der Waals surface area contributed by atoms with Crippen molar-refractivity contribution in [3.8, 4) is 17.2 Å². The zero-order chi connectivity index (χ0) is 21.4. The first-order valence-corrected chi connectivity index (χ1v) is 10.6. The molecule has 0 bridgehead atoms. The van der Waals surface area contributed by atoms with Crippen molar-refractivity contribution in [2.75, 3.05) is 25.1 Å². The van der Waals surface area contributed by atoms with E-state index in [0.29, 0.717) is 47.7 Å². The lowest BCUT2D eigenvalue weighted by Gasteiger charge is -2.19. The van der Waals surface area contributed by atoms with E-state index in [1.165, 1.54) is 0 Å². The van der Waals surface area contributed by atoms with Crippen LogP contribution in [0, 0.1) is 0 Å². The van der Waals surface area contributed by atoms with E-state index < -0.39 is 0 Å². The van der Waals surface area contributed by atoms with Crippen LogP contribution in [-0.4, -0.2) is 25.7 Å². The second kappa shape index (κ2) is 11.0. The fourth-order valence-electron chi connectivity index (χ4n) is 3.17. The first-order valence-electron chi connectivity index (χ1n) is 10.2. The van der Waals surface area contributed by atoms with E-state index in [9.17, 15) is 4.79 Å². The minimum atomic E-state index is -0.248. The fourth-order valence-corrected chi connectivity index (χ4v) is 3.46. The van der Waals surface area contributed by atoms with Gasteiger partial charge in [0.25, 0.3) is 5.91 Å². The largest absolute Gasteiger partial charge is 0.490 e. The Morgan fingerprint density at radius 1 is 0.897 bits per heavy atom. The molecule has 158 valence electrons. The number of benzene rings is 2. The highest BCUT2D eigenvalue weighted by Gasteiger charge is 2.20. The number of anilines is 1. The van der Waals surface area contributed by atoms with Gasteiger partial charge in [0.05, 0.1) is 19.8 Å². The number of hydrogen-bond donors (Lipinski definition) is 1. The van der Waals surface area contributed by atoms with Crippen molar-refractivity contribution in [3.05, 3.63) is 46.0 Å². The van der Waals surface area contributed by atoms with Crippen molar-refractivity contribution in [2.24, 2.45) is 0 Å². The van der Waals surface area contributed by atoms with Crippen molar-refractivity contribution in [1.29, 1.82) is 0 Å². The van der Waals surface area contributed by atoms with Gasteiger partial charge in [-0.2, -0.15) is 0 Å². The van der Waals surface area contributed by atoms with Crippen LogP contribution in [0.15, 0.2) is 24.3 Å². The Labute approximate surface area is 178 Å². The number of halogens is 1. The molecule has 0 saturated heterocycles. The quantitative estimate of drug-likeness (QED) is 0.519. The zero-order valence-electron chi connectivity index (χ0n) is 17.9. The van der Waals surface area contributed by atoms with E-state index in [4.69, 9.17) is 25.8 Å². The second-order valence-corrected chi connectivity index (χ2v) is 6.73. The second-order valence-electron chi connectivity index (χ2n) is 6.32. The van der Waals surface area contributed by atoms with Crippen LogP contribution in [0.25, 0.3) is 0 Å². The molecule has 2 aromatic rings. The molecular weight excluding hydrogens is 390 g/mol. The maximum atomic E-state index is 13.1. The molecule has 2 aromatic carbocycles. The van der Waals surface area contributed by atoms with Gasteiger partial charge in [-0.05, 0) is 62.9 Å². The molecule has 0 atom stereocenters. The minimum absolute atomic E-state index is 0.248. The van der Waals surface area contributed by atoms with Gasteiger partial charge in [0.1, 0.15) is 0 Å². The van der Waals surface area contributed by atoms with Crippen LogP contribution >= 0.6 is 11.6 Å². The summed E-state index contributed by atoms with van der Waals surface area (Å²) in [7, 11) is 0. The number of aryl methyl sites for hydroxylation is 1. The van der Waals surface area contributed by atoms with Crippen LogP contribution in [0.2, 0.25) is 5.02 Å². The van der Waals surface area contributed by atoms with Gasteiger partial charge in [-0.3, -0.25) is 4.79 Å². The average molecular weight is 420 g/mol. The molecule has 0 spiro atoms. The Morgan fingerprint density at radius 2 is 1.48 bits per heavy atom. The smallest absolute Gasteiger partial charge is 0.255 e. The summed E-state index contributed by atoms with van der Waals surface area (Å²) < 4.78 is 17.2. The van der Waals surface area contributed by atoms with Gasteiger partial charge in [-0.15, -0.1) is 0 Å². The standard InChI is InChI=1S/C23H30ClNO4/c1-6-15-11-12-18(24)17(7-2)21(15)25-23(26)16-13-19(27-8-3)22(29-10-5)20(14-16)28-9-4/h11-14H,6-10H2,1-5H3,(H,25,26). The lowest BCUT2D eigenvalue weighted by molar-refractivity contribution is 0.102. The number of nitrogens with one attached hydrogen (secondary N) is 1. The first kappa shape index (κ1) is 22.9. The third-order valence-corrected chi connectivity index (χ3v) is 4.84. The normalized spacial score (nSPS) is 10.6. The van der Waals surface area contributed by atoms with Gasteiger partial charge in [0, 0.05) is 16.3 Å². The van der Waals surface area contributed by atoms with Crippen molar-refractivity contribution in [2.45, 2.75) is 47.5 Å². The molecule has 5 nitrogen and oxygen atoms in total. The SMILES string of the molecule is CCOc1cc(C(=O)Nc2c(CC)ccc(Cl)c2CC)cc(OCC)c1OCC. The molecule has 0 aliphatic heterocycles. The summed E-state index contributed by atoms with van der Waals surface area (Å²) in [6.45, 7) is 11.1. The maximum Gasteiger partial charge on any atom is 0.255 e. The van der Waals surface area contributed by atoms with Gasteiger partial charge in [-0.25, -0.2) is 0 Å². The zero-order valence-corrected chi connectivity index (χ0v) is 18.6. The Hall–Kier alpha value is -2.40. The average Bonchev–Trinajstić information content (AvgIpc) is 2.71. The van der Waals surface area contributed by atoms with Crippen LogP contribution in [0.3, 0.4) is 0 Å². The molecule has 0 unspecified atom stereocenters. The Morgan fingerprint density at radius 3 is 1.97 bits per heavy atom. The Bertz CT molecular complexity index is 824. The number of amides is 1. The molecule has 29 heavy (non-hydrogen) atoms. The molecule has 0 radical (unpaired) electrons. The number of carbonyl (C=O) groups excluding carboxylic acids is 1. The molecule has 0 saturated carbocycles. The Kier molecular flexibility index (Phi) is 8.65. The van der Waals surface area contributed by atoms with Gasteiger partial charge in [0.2, 0.25) is 5.75 Å². The van der Waals surface area contributed by atoms with Crippen LogP contribution in [-0.2, 0) is 12.8 Å². The van der Waals surface area contributed by atoms with Gasteiger partial charge < -0.3 is 19.5 Å². The summed E-state index contributed by atoms with van der Waals surface area (Å²) in [5.74, 6) is 1.24. The fraction of sp³-hybridized carbons (Fsp3) is 0.435. The number of ether oxygens (including phenoxy) is 3. The molecule has 0 fully saturated rings. The van der Waals surface area contributed by atoms with Crippen molar-refractivity contribution < 1.29 is 19.0 Å². The van der Waals surface area contributed by atoms with Crippen molar-refractivity contribution in [3.63, 3.8) is 0 Å². The Balaban J connectivity index is 2.49. The highest BCUT2D eigenvalue weighted by Crippen LogP contribution is 2.39. The van der Waals surface area contributed by atoms with E-state index >= 15 is 0 Å². The monoisotopic (exact) mass is 419 g/mol. The molecule has 0 aliphatic carbocycles. The van der Waals surface area contributed by atoms with E-state index in [0.717, 1.165) is 29.7 Å². The number of rotatable bonds is 10. The van der Waals surface area contributed by atoms with Crippen LogP contribution < -0.4 is 19.5 Å². The molecule has 2 rings (SSSR count). The topological polar surface area (TPSA) is 56.8 Å². The van der Waals surface area contributed by atoms with E-state index in [1.54, 1.807) is 12.1 Å². The molecule has 1 N–H and O–H groups in total. The summed E-state index contributed by atoms with van der Waals surface area (Å²) in [6.07, 6.45) is 1.51. The van der Waals surface area contributed by atoms with Gasteiger partial charge >= 0.3 is 0 Å². The minimum Gasteiger partial charge on any atom is -0.490 e. The number of hydrogen-bond acceptors (Lipinski definition) is 4. The van der Waals surface area contributed by atoms with Gasteiger partial charge in [0.15, 0.2) is 11.5 Å². The lowest BCUT2D eigenvalue weighted by atomic mass is 10.0. The lowest BCUT2D eigenvalue weighted by Crippen LogP contribution is -2.16. The number of carbonyl (C=O) groups is 1. The predicted octanol–water partition coefficient (Wildman–Crippen LogP) is 5.91. The third kappa shape index (κ3) is 5.36. The molecule has 0 aliphatic rings. The highest BCUT2D eigenvalue weighted by molar-refractivity contribution is 6.32. The van der Waals surface area contributed by atoms with Gasteiger partial charge in [-0.1, -0.05) is 31.5 Å². The van der Waals surface area contributed by atoms with Crippen LogP contribution in [0.5, 0.6) is 17.2 Å². The predicted molar refractivity (Wildman–Crippen MR) is 118 cm³/mol. The summed E-state index contributed by atoms with van der Waals surface area (Å²) >= 11 is 6.37. The summed E-state index contributed by atoms with van der Waals surface area (Å²) in [5, 5.41) is 3.70. The first-order chi connectivity index (χ1) is 14.0. The van der Waals surface area contributed by atoms with E-state index in [2.05, 4.69) is 12.2 Å². The summed E-state index contributed by atoms with van der Waals surface area (Å²) in [4.78, 5) is 13.1.